The minimum absolute atomic E-state index is 0.504. The first-order chi connectivity index (χ1) is 9.17. The molecule has 1 heterocycles. The van der Waals surface area contributed by atoms with Gasteiger partial charge in [-0.05, 0) is 18.4 Å². The zero-order valence-electron chi connectivity index (χ0n) is 11.7. The second-order valence-electron chi connectivity index (χ2n) is 4.03. The molecule has 5 nitrogen and oxygen atoms in total. The molecule has 1 aromatic heterocycles. The van der Waals surface area contributed by atoms with Crippen LogP contribution in [0.5, 0.6) is 0 Å². The van der Waals surface area contributed by atoms with Gasteiger partial charge in [0.25, 0.3) is 0 Å². The lowest BCUT2D eigenvalue weighted by Crippen LogP contribution is -2.15. The van der Waals surface area contributed by atoms with Crippen molar-refractivity contribution >= 4 is 16.6 Å². The van der Waals surface area contributed by atoms with Gasteiger partial charge in [0.2, 0.25) is 0 Å². The van der Waals surface area contributed by atoms with Crippen LogP contribution >= 0.6 is 0 Å². The molecule has 6 heteroatoms. The molecule has 0 aliphatic carbocycles. The van der Waals surface area contributed by atoms with Crippen LogP contribution in [0.4, 0.5) is 5.82 Å². The number of anilines is 1. The summed E-state index contributed by atoms with van der Waals surface area (Å²) in [7, 11) is -0.816. The smallest absolute Gasteiger partial charge is 0.166 e. The minimum atomic E-state index is -0.816. The summed E-state index contributed by atoms with van der Waals surface area (Å²) in [6.45, 7) is 6.44. The average Bonchev–Trinajstić information content (AvgIpc) is 2.45. The largest absolute Gasteiger partial charge is 0.367 e. The van der Waals surface area contributed by atoms with E-state index in [1.54, 1.807) is 0 Å². The van der Waals surface area contributed by atoms with Gasteiger partial charge in [0.05, 0.1) is 5.69 Å². The Hall–Kier alpha value is -1.48. The number of nitrogens with zero attached hydrogens (tertiary/aromatic N) is 3. The normalized spacial score (nSPS) is 11.9. The lowest BCUT2D eigenvalue weighted by molar-refractivity contribution is 0.684. The zero-order valence-corrected chi connectivity index (χ0v) is 12.5. The number of hydrogen-bond donors (Lipinski definition) is 1. The molecule has 1 N–H and O–H groups in total. The van der Waals surface area contributed by atoms with Crippen LogP contribution in [0.15, 0.2) is 0 Å². The van der Waals surface area contributed by atoms with Crippen LogP contribution in [0.3, 0.4) is 0 Å². The molecule has 0 aliphatic rings. The van der Waals surface area contributed by atoms with Crippen LogP contribution in [-0.2, 0) is 23.6 Å². The molecule has 0 spiro atoms. The molecule has 1 unspecified atom stereocenters. The maximum absolute atomic E-state index is 11.4. The summed E-state index contributed by atoms with van der Waals surface area (Å²) in [5, 5.41) is 20.6. The first kappa shape index (κ1) is 15.6. The predicted molar refractivity (Wildman–Crippen MR) is 77.5 cm³/mol. The van der Waals surface area contributed by atoms with Gasteiger partial charge in [0.15, 0.2) is 5.82 Å². The Balaban J connectivity index is 2.90. The molecule has 1 rings (SSSR count). The van der Waals surface area contributed by atoms with Crippen molar-refractivity contribution in [2.45, 2.75) is 33.6 Å². The average molecular weight is 280 g/mol. The van der Waals surface area contributed by atoms with Gasteiger partial charge in [0.1, 0.15) is 11.6 Å². The number of aromatic nitrogens is 2. The topological polar surface area (TPSA) is 78.7 Å². The van der Waals surface area contributed by atoms with Gasteiger partial charge in [-0.2, -0.15) is 10.4 Å². The summed E-state index contributed by atoms with van der Waals surface area (Å²) in [4.78, 5) is 0. The van der Waals surface area contributed by atoms with Gasteiger partial charge >= 0.3 is 0 Å². The fraction of sp³-hybridized carbons (Fsp3) is 0.615. The van der Waals surface area contributed by atoms with E-state index < -0.39 is 10.8 Å². The van der Waals surface area contributed by atoms with Gasteiger partial charge in [-0.1, -0.05) is 20.8 Å². The van der Waals surface area contributed by atoms with Crippen molar-refractivity contribution in [3.8, 4) is 6.07 Å². The quantitative estimate of drug-likeness (QED) is 0.821. The fourth-order valence-electron chi connectivity index (χ4n) is 1.84. The SMILES string of the molecule is CCc1nnc(NCCS(=O)CC)c(C#N)c1CC. The number of hydrogen-bond acceptors (Lipinski definition) is 5. The molecule has 1 atom stereocenters. The first-order valence-electron chi connectivity index (χ1n) is 6.55. The first-order valence-corrected chi connectivity index (χ1v) is 8.03. The van der Waals surface area contributed by atoms with Gasteiger partial charge < -0.3 is 5.32 Å². The van der Waals surface area contributed by atoms with E-state index in [2.05, 4.69) is 21.6 Å². The van der Waals surface area contributed by atoms with Crippen molar-refractivity contribution in [3.63, 3.8) is 0 Å². The van der Waals surface area contributed by atoms with Crippen molar-refractivity contribution in [3.05, 3.63) is 16.8 Å². The molecule has 0 bridgehead atoms. The van der Waals surface area contributed by atoms with E-state index in [0.717, 1.165) is 24.1 Å². The molecular weight excluding hydrogens is 260 g/mol. The second kappa shape index (κ2) is 7.85. The second-order valence-corrected chi connectivity index (χ2v) is 5.89. The minimum Gasteiger partial charge on any atom is -0.367 e. The summed E-state index contributed by atoms with van der Waals surface area (Å²) in [5.74, 6) is 1.71. The van der Waals surface area contributed by atoms with Crippen LogP contribution in [-0.4, -0.2) is 32.5 Å². The molecule has 0 aromatic carbocycles. The van der Waals surface area contributed by atoms with Gasteiger partial charge in [-0.3, -0.25) is 4.21 Å². The Morgan fingerprint density at radius 2 is 2.00 bits per heavy atom. The highest BCUT2D eigenvalue weighted by Gasteiger charge is 2.13. The summed E-state index contributed by atoms with van der Waals surface area (Å²) < 4.78 is 11.4. The van der Waals surface area contributed by atoms with Crippen molar-refractivity contribution in [1.82, 2.24) is 10.2 Å². The van der Waals surface area contributed by atoms with Crippen molar-refractivity contribution in [1.29, 1.82) is 5.26 Å². The van der Waals surface area contributed by atoms with E-state index in [1.807, 2.05) is 20.8 Å². The molecule has 0 fully saturated rings. The van der Waals surface area contributed by atoms with Gasteiger partial charge in [-0.15, -0.1) is 5.10 Å². The Kier molecular flexibility index (Phi) is 6.43. The standard InChI is InChI=1S/C13H20N4OS/c1-4-10-11(9-14)13(17-16-12(10)5-2)15-7-8-19(18)6-3/h4-8H2,1-3H3,(H,15,17). The lowest BCUT2D eigenvalue weighted by atomic mass is 10.0. The molecule has 0 aliphatic heterocycles. The zero-order chi connectivity index (χ0) is 14.3. The summed E-state index contributed by atoms with van der Waals surface area (Å²) in [6.07, 6.45) is 1.53. The summed E-state index contributed by atoms with van der Waals surface area (Å²) in [6, 6.07) is 2.20. The molecule has 104 valence electrons. The van der Waals surface area contributed by atoms with Crippen LogP contribution < -0.4 is 5.32 Å². The number of aryl methyl sites for hydroxylation is 1. The van der Waals surface area contributed by atoms with E-state index in [9.17, 15) is 9.47 Å². The highest BCUT2D eigenvalue weighted by Crippen LogP contribution is 2.19. The van der Waals surface area contributed by atoms with Crippen LogP contribution in [0, 0.1) is 11.3 Å². The molecule has 1 aromatic rings. The van der Waals surface area contributed by atoms with Crippen molar-refractivity contribution < 1.29 is 4.21 Å². The highest BCUT2D eigenvalue weighted by atomic mass is 32.2. The Labute approximate surface area is 116 Å². The summed E-state index contributed by atoms with van der Waals surface area (Å²) >= 11 is 0. The molecule has 19 heavy (non-hydrogen) atoms. The third kappa shape index (κ3) is 4.00. The van der Waals surface area contributed by atoms with E-state index in [1.165, 1.54) is 0 Å². The Bertz CT molecular complexity index is 496. The van der Waals surface area contributed by atoms with E-state index >= 15 is 0 Å². The molecular formula is C13H20N4OS. The number of nitriles is 1. The number of rotatable bonds is 7. The van der Waals surface area contributed by atoms with Crippen LogP contribution in [0.25, 0.3) is 0 Å². The highest BCUT2D eigenvalue weighted by molar-refractivity contribution is 7.84. The fourth-order valence-corrected chi connectivity index (χ4v) is 2.46. The van der Waals surface area contributed by atoms with Gasteiger partial charge in [0, 0.05) is 28.9 Å². The molecule has 0 saturated heterocycles. The predicted octanol–water partition coefficient (Wildman–Crippen LogP) is 1.65. The number of nitrogens with one attached hydrogen (secondary N) is 1. The third-order valence-electron chi connectivity index (χ3n) is 2.90. The maximum atomic E-state index is 11.4. The maximum Gasteiger partial charge on any atom is 0.166 e. The molecule has 0 radical (unpaired) electrons. The van der Waals surface area contributed by atoms with Crippen molar-refractivity contribution in [2.24, 2.45) is 0 Å². The lowest BCUT2D eigenvalue weighted by Gasteiger charge is -2.11. The van der Waals surface area contributed by atoms with Crippen LogP contribution in [0.1, 0.15) is 37.6 Å². The molecule has 0 saturated carbocycles. The summed E-state index contributed by atoms with van der Waals surface area (Å²) in [5.41, 5.74) is 2.40. The molecule has 0 amide bonds. The van der Waals surface area contributed by atoms with E-state index in [4.69, 9.17) is 0 Å². The van der Waals surface area contributed by atoms with E-state index in [0.29, 0.717) is 29.4 Å². The van der Waals surface area contributed by atoms with Crippen molar-refractivity contribution in [2.75, 3.05) is 23.4 Å². The van der Waals surface area contributed by atoms with Gasteiger partial charge in [-0.25, -0.2) is 0 Å². The van der Waals surface area contributed by atoms with Crippen LogP contribution in [0.2, 0.25) is 0 Å². The Morgan fingerprint density at radius 3 is 2.53 bits per heavy atom. The third-order valence-corrected chi connectivity index (χ3v) is 4.21. The monoisotopic (exact) mass is 280 g/mol. The Morgan fingerprint density at radius 1 is 1.26 bits per heavy atom. The van der Waals surface area contributed by atoms with E-state index in [-0.39, 0.29) is 0 Å².